The highest BCUT2D eigenvalue weighted by molar-refractivity contribution is 4.78. The van der Waals surface area contributed by atoms with Gasteiger partial charge in [0.15, 0.2) is 0 Å². The molecule has 0 radical (unpaired) electrons. The molecule has 0 rings (SSSR count). The molecule has 1 unspecified atom stereocenters. The van der Waals surface area contributed by atoms with Crippen LogP contribution in [0.5, 0.6) is 0 Å². The Morgan fingerprint density at radius 1 is 1.20 bits per heavy atom. The first-order chi connectivity index (χ1) is 6.89. The average Bonchev–Trinajstić information content (AvgIpc) is 2.00. The van der Waals surface area contributed by atoms with Crippen molar-refractivity contribution in [2.75, 3.05) is 32.8 Å². The molecule has 0 saturated carbocycles. The molecule has 0 amide bonds. The number of hydrogen-bond acceptors (Lipinski definition) is 5. The minimum absolute atomic E-state index is 0.0265. The molecular formula is C10H24N2O3. The highest BCUT2D eigenvalue weighted by Gasteiger charge is 2.19. The lowest BCUT2D eigenvalue weighted by atomic mass is 9.98. The molecule has 1 atom stereocenters. The van der Waals surface area contributed by atoms with E-state index in [0.29, 0.717) is 26.1 Å². The zero-order valence-corrected chi connectivity index (χ0v) is 9.69. The second-order valence-electron chi connectivity index (χ2n) is 4.59. The second kappa shape index (κ2) is 7.14. The van der Waals surface area contributed by atoms with E-state index >= 15 is 0 Å². The van der Waals surface area contributed by atoms with Gasteiger partial charge in [0.25, 0.3) is 0 Å². The van der Waals surface area contributed by atoms with Gasteiger partial charge in [-0.05, 0) is 20.3 Å². The molecule has 0 bridgehead atoms. The van der Waals surface area contributed by atoms with E-state index in [2.05, 4.69) is 0 Å². The van der Waals surface area contributed by atoms with Crippen LogP contribution in [0.4, 0.5) is 0 Å². The van der Waals surface area contributed by atoms with Crippen molar-refractivity contribution < 1.29 is 15.3 Å². The van der Waals surface area contributed by atoms with Gasteiger partial charge in [0.05, 0.1) is 19.3 Å². The van der Waals surface area contributed by atoms with Gasteiger partial charge in [-0.1, -0.05) is 0 Å². The Bertz CT molecular complexity index is 153. The standard InChI is InChI=1S/C10H24N2O3/c1-10(2,11)7-9(15)8-12(3-5-13)4-6-14/h9,13-15H,3-8,11H2,1-2H3. The number of hydrogen-bond donors (Lipinski definition) is 4. The number of nitrogens with zero attached hydrogens (tertiary/aromatic N) is 1. The predicted octanol–water partition coefficient (Wildman–Crippen LogP) is -1.24. The van der Waals surface area contributed by atoms with Crippen LogP contribution >= 0.6 is 0 Å². The third kappa shape index (κ3) is 8.77. The largest absolute Gasteiger partial charge is 0.395 e. The maximum absolute atomic E-state index is 9.72. The van der Waals surface area contributed by atoms with E-state index in [1.54, 1.807) is 0 Å². The molecule has 0 heterocycles. The third-order valence-corrected chi connectivity index (χ3v) is 2.06. The Morgan fingerprint density at radius 2 is 1.67 bits per heavy atom. The van der Waals surface area contributed by atoms with E-state index in [4.69, 9.17) is 15.9 Å². The van der Waals surface area contributed by atoms with E-state index < -0.39 is 11.6 Å². The van der Waals surface area contributed by atoms with Crippen molar-refractivity contribution in [2.24, 2.45) is 5.73 Å². The highest BCUT2D eigenvalue weighted by Crippen LogP contribution is 2.08. The molecule has 0 saturated heterocycles. The summed E-state index contributed by atoms with van der Waals surface area (Å²) in [6, 6.07) is 0. The Balaban J connectivity index is 3.93. The lowest BCUT2D eigenvalue weighted by Gasteiger charge is -2.27. The fourth-order valence-electron chi connectivity index (χ4n) is 1.55. The summed E-state index contributed by atoms with van der Waals surface area (Å²) in [7, 11) is 0. The van der Waals surface area contributed by atoms with Crippen LogP contribution in [-0.2, 0) is 0 Å². The fourth-order valence-corrected chi connectivity index (χ4v) is 1.55. The van der Waals surface area contributed by atoms with Crippen LogP contribution in [0.2, 0.25) is 0 Å². The number of aliphatic hydroxyl groups is 3. The Kier molecular flexibility index (Phi) is 7.04. The van der Waals surface area contributed by atoms with Crippen LogP contribution in [0.25, 0.3) is 0 Å². The Labute approximate surface area is 91.5 Å². The minimum atomic E-state index is -0.525. The van der Waals surface area contributed by atoms with Crippen molar-refractivity contribution in [1.29, 1.82) is 0 Å². The summed E-state index contributed by atoms with van der Waals surface area (Å²) in [6.07, 6.45) is -0.0246. The molecule has 0 spiro atoms. The summed E-state index contributed by atoms with van der Waals surface area (Å²) in [6.45, 7) is 5.13. The molecule has 0 aliphatic heterocycles. The molecule has 92 valence electrons. The van der Waals surface area contributed by atoms with Crippen molar-refractivity contribution in [3.05, 3.63) is 0 Å². The highest BCUT2D eigenvalue weighted by atomic mass is 16.3. The van der Waals surface area contributed by atoms with Gasteiger partial charge >= 0.3 is 0 Å². The van der Waals surface area contributed by atoms with Gasteiger partial charge < -0.3 is 21.1 Å². The molecule has 5 N–H and O–H groups in total. The maximum Gasteiger partial charge on any atom is 0.0684 e. The summed E-state index contributed by atoms with van der Waals surface area (Å²) < 4.78 is 0. The second-order valence-corrected chi connectivity index (χ2v) is 4.59. The first-order valence-electron chi connectivity index (χ1n) is 5.30. The zero-order chi connectivity index (χ0) is 11.9. The molecule has 5 heteroatoms. The maximum atomic E-state index is 9.72. The van der Waals surface area contributed by atoms with Gasteiger partial charge in [-0.2, -0.15) is 0 Å². The third-order valence-electron chi connectivity index (χ3n) is 2.06. The topological polar surface area (TPSA) is 90.0 Å². The molecule has 5 nitrogen and oxygen atoms in total. The molecule has 0 aromatic carbocycles. The van der Waals surface area contributed by atoms with Gasteiger partial charge in [0.1, 0.15) is 0 Å². The Morgan fingerprint density at radius 3 is 2.00 bits per heavy atom. The molecule has 0 aliphatic rings. The molecule has 0 aliphatic carbocycles. The van der Waals surface area contributed by atoms with E-state index in [0.717, 1.165) is 0 Å². The van der Waals surface area contributed by atoms with Gasteiger partial charge in [-0.25, -0.2) is 0 Å². The van der Waals surface area contributed by atoms with E-state index in [1.165, 1.54) is 0 Å². The molecule has 0 fully saturated rings. The van der Waals surface area contributed by atoms with Crippen LogP contribution in [-0.4, -0.2) is 64.7 Å². The molecule has 0 aromatic heterocycles. The normalized spacial score (nSPS) is 14.6. The van der Waals surface area contributed by atoms with Crippen LogP contribution in [0, 0.1) is 0 Å². The average molecular weight is 220 g/mol. The lowest BCUT2D eigenvalue weighted by molar-refractivity contribution is 0.0714. The zero-order valence-electron chi connectivity index (χ0n) is 9.69. The first kappa shape index (κ1) is 14.8. The van der Waals surface area contributed by atoms with Crippen molar-refractivity contribution in [1.82, 2.24) is 4.90 Å². The summed E-state index contributed by atoms with van der Waals surface area (Å²) in [5, 5.41) is 27.3. The lowest BCUT2D eigenvalue weighted by Crippen LogP contribution is -2.42. The summed E-state index contributed by atoms with van der Waals surface area (Å²) in [5.74, 6) is 0. The number of nitrogens with two attached hydrogens (primary N) is 1. The van der Waals surface area contributed by atoms with Gasteiger partial charge in [0, 0.05) is 25.2 Å². The quantitative estimate of drug-likeness (QED) is 0.411. The van der Waals surface area contributed by atoms with Crippen LogP contribution < -0.4 is 5.73 Å². The van der Waals surface area contributed by atoms with Gasteiger partial charge in [0.2, 0.25) is 0 Å². The van der Waals surface area contributed by atoms with Crippen molar-refractivity contribution in [3.63, 3.8) is 0 Å². The number of aliphatic hydroxyl groups excluding tert-OH is 3. The van der Waals surface area contributed by atoms with Crippen molar-refractivity contribution in [3.8, 4) is 0 Å². The van der Waals surface area contributed by atoms with Crippen LogP contribution in [0.1, 0.15) is 20.3 Å². The Hall–Kier alpha value is -0.200. The SMILES string of the molecule is CC(C)(N)CC(O)CN(CCO)CCO. The van der Waals surface area contributed by atoms with E-state index in [1.807, 2.05) is 18.7 Å². The van der Waals surface area contributed by atoms with Crippen LogP contribution in [0.15, 0.2) is 0 Å². The predicted molar refractivity (Wildman–Crippen MR) is 59.5 cm³/mol. The van der Waals surface area contributed by atoms with E-state index in [-0.39, 0.29) is 13.2 Å². The van der Waals surface area contributed by atoms with E-state index in [9.17, 15) is 5.11 Å². The van der Waals surface area contributed by atoms with Crippen LogP contribution in [0.3, 0.4) is 0 Å². The molecule has 15 heavy (non-hydrogen) atoms. The minimum Gasteiger partial charge on any atom is -0.395 e. The summed E-state index contributed by atoms with van der Waals surface area (Å²) in [4.78, 5) is 1.82. The van der Waals surface area contributed by atoms with Gasteiger partial charge in [-0.3, -0.25) is 4.90 Å². The van der Waals surface area contributed by atoms with Gasteiger partial charge in [-0.15, -0.1) is 0 Å². The van der Waals surface area contributed by atoms with Crippen molar-refractivity contribution in [2.45, 2.75) is 31.9 Å². The summed E-state index contributed by atoms with van der Waals surface area (Å²) in [5.41, 5.74) is 5.38. The molecular weight excluding hydrogens is 196 g/mol. The molecule has 0 aromatic rings. The monoisotopic (exact) mass is 220 g/mol. The number of rotatable bonds is 8. The fraction of sp³-hybridized carbons (Fsp3) is 1.00. The smallest absolute Gasteiger partial charge is 0.0684 e. The first-order valence-corrected chi connectivity index (χ1v) is 5.30. The van der Waals surface area contributed by atoms with Crippen molar-refractivity contribution >= 4 is 0 Å². The summed E-state index contributed by atoms with van der Waals surface area (Å²) >= 11 is 0.